The number of nitrogens with zero attached hydrogens (tertiary/aromatic N) is 2. The molecule has 1 fully saturated rings. The molecular weight excluding hydrogens is 222 g/mol. The molecule has 0 aliphatic carbocycles. The lowest BCUT2D eigenvalue weighted by Gasteiger charge is -2.41. The third-order valence-electron chi connectivity index (χ3n) is 4.41. The summed E-state index contributed by atoms with van der Waals surface area (Å²) in [5.41, 5.74) is -0.00730. The van der Waals surface area contributed by atoms with Gasteiger partial charge in [-0.3, -0.25) is 9.89 Å². The van der Waals surface area contributed by atoms with E-state index in [4.69, 9.17) is 0 Å². The Labute approximate surface area is 111 Å². The summed E-state index contributed by atoms with van der Waals surface area (Å²) in [4.78, 5) is 7.25. The minimum absolute atomic E-state index is 0.00730. The molecular formula is C15H27N3. The fourth-order valence-corrected chi connectivity index (χ4v) is 3.12. The van der Waals surface area contributed by atoms with Gasteiger partial charge < -0.3 is 5.32 Å². The molecule has 1 atom stereocenters. The van der Waals surface area contributed by atoms with Gasteiger partial charge in [-0.25, -0.2) is 0 Å². The summed E-state index contributed by atoms with van der Waals surface area (Å²) in [6.07, 6.45) is 11.4. The van der Waals surface area contributed by atoms with Gasteiger partial charge in [0.25, 0.3) is 0 Å². The van der Waals surface area contributed by atoms with Gasteiger partial charge in [0.05, 0.1) is 0 Å². The molecule has 1 N–H and O–H groups in total. The van der Waals surface area contributed by atoms with Gasteiger partial charge in [0, 0.05) is 19.3 Å². The van der Waals surface area contributed by atoms with Crippen LogP contribution in [-0.2, 0) is 0 Å². The summed E-state index contributed by atoms with van der Waals surface area (Å²) in [6, 6.07) is 0. The van der Waals surface area contributed by atoms with Crippen molar-refractivity contribution >= 4 is 6.21 Å². The third-order valence-corrected chi connectivity index (χ3v) is 4.41. The van der Waals surface area contributed by atoms with Crippen molar-refractivity contribution in [2.45, 2.75) is 45.2 Å². The van der Waals surface area contributed by atoms with Crippen molar-refractivity contribution in [3.8, 4) is 0 Å². The average Bonchev–Trinajstić information content (AvgIpc) is 2.90. The largest absolute Gasteiger partial charge is 0.317 e. The number of hydrogen-bond acceptors (Lipinski definition) is 3. The van der Waals surface area contributed by atoms with E-state index in [2.05, 4.69) is 41.2 Å². The van der Waals surface area contributed by atoms with Crippen molar-refractivity contribution in [2.24, 2.45) is 10.9 Å². The van der Waals surface area contributed by atoms with Crippen LogP contribution >= 0.6 is 0 Å². The first-order chi connectivity index (χ1) is 8.80. The number of aliphatic imine (C=N–C) groups is 1. The van der Waals surface area contributed by atoms with Gasteiger partial charge in [0.2, 0.25) is 0 Å². The lowest BCUT2D eigenvalue weighted by atomic mass is 9.91. The molecule has 3 nitrogen and oxygen atoms in total. The molecule has 0 bridgehead atoms. The van der Waals surface area contributed by atoms with E-state index in [0.717, 1.165) is 18.9 Å². The van der Waals surface area contributed by atoms with Gasteiger partial charge in [0.1, 0.15) is 5.66 Å². The van der Waals surface area contributed by atoms with Crippen LogP contribution < -0.4 is 5.32 Å². The second-order valence-corrected chi connectivity index (χ2v) is 5.44. The Morgan fingerprint density at radius 3 is 2.67 bits per heavy atom. The molecule has 2 aliphatic heterocycles. The average molecular weight is 249 g/mol. The van der Waals surface area contributed by atoms with E-state index in [-0.39, 0.29) is 5.66 Å². The minimum Gasteiger partial charge on any atom is -0.317 e. The Kier molecular flexibility index (Phi) is 4.95. The third kappa shape index (κ3) is 3.01. The lowest BCUT2D eigenvalue weighted by Crippen LogP contribution is -2.48. The standard InChI is InChI=1S/C15H27N3/c1-3-15(9-5-10-17-15)18-12-7-14(8-13-18)6-11-16-4-2/h5,9-10,14,16H,3-4,6-8,11-13H2,1-2H3. The Balaban J connectivity index is 1.79. The summed E-state index contributed by atoms with van der Waals surface area (Å²) in [6.45, 7) is 9.09. The predicted molar refractivity (Wildman–Crippen MR) is 78.1 cm³/mol. The second-order valence-electron chi connectivity index (χ2n) is 5.44. The molecule has 3 heteroatoms. The fraction of sp³-hybridized carbons (Fsp3) is 0.800. The molecule has 0 aromatic heterocycles. The molecule has 0 saturated carbocycles. The van der Waals surface area contributed by atoms with Crippen LogP contribution in [0.15, 0.2) is 17.1 Å². The van der Waals surface area contributed by atoms with E-state index >= 15 is 0 Å². The number of piperidine rings is 1. The molecule has 102 valence electrons. The first kappa shape index (κ1) is 13.8. The van der Waals surface area contributed by atoms with Crippen LogP contribution in [0.2, 0.25) is 0 Å². The Hall–Kier alpha value is -0.670. The highest BCUT2D eigenvalue weighted by atomic mass is 15.3. The maximum Gasteiger partial charge on any atom is 0.131 e. The minimum atomic E-state index is -0.00730. The van der Waals surface area contributed by atoms with Crippen LogP contribution in [0.4, 0.5) is 0 Å². The quantitative estimate of drug-likeness (QED) is 0.732. The van der Waals surface area contributed by atoms with Crippen molar-refractivity contribution in [2.75, 3.05) is 26.2 Å². The first-order valence-corrected chi connectivity index (χ1v) is 7.49. The summed E-state index contributed by atoms with van der Waals surface area (Å²) >= 11 is 0. The maximum atomic E-state index is 4.69. The summed E-state index contributed by atoms with van der Waals surface area (Å²) in [7, 11) is 0. The molecule has 2 heterocycles. The number of likely N-dealkylation sites (tertiary alicyclic amines) is 1. The maximum absolute atomic E-state index is 4.69. The van der Waals surface area contributed by atoms with Crippen LogP contribution in [0, 0.1) is 5.92 Å². The van der Waals surface area contributed by atoms with Crippen molar-refractivity contribution in [1.82, 2.24) is 10.2 Å². The van der Waals surface area contributed by atoms with Crippen molar-refractivity contribution in [3.05, 3.63) is 12.2 Å². The van der Waals surface area contributed by atoms with Crippen LogP contribution in [-0.4, -0.2) is 43.0 Å². The van der Waals surface area contributed by atoms with Gasteiger partial charge in [-0.1, -0.05) is 13.8 Å². The number of allylic oxidation sites excluding steroid dienone is 1. The van der Waals surface area contributed by atoms with Crippen molar-refractivity contribution in [3.63, 3.8) is 0 Å². The number of rotatable bonds is 6. The molecule has 1 saturated heterocycles. The monoisotopic (exact) mass is 249 g/mol. The topological polar surface area (TPSA) is 27.6 Å². The van der Waals surface area contributed by atoms with Crippen LogP contribution in [0.25, 0.3) is 0 Å². The number of nitrogens with one attached hydrogen (secondary N) is 1. The van der Waals surface area contributed by atoms with Crippen molar-refractivity contribution < 1.29 is 0 Å². The van der Waals surface area contributed by atoms with Crippen LogP contribution in [0.3, 0.4) is 0 Å². The molecule has 0 aromatic carbocycles. The molecule has 0 radical (unpaired) electrons. The fourth-order valence-electron chi connectivity index (χ4n) is 3.12. The zero-order chi connectivity index (χ0) is 12.8. The predicted octanol–water partition coefficient (Wildman–Crippen LogP) is 2.44. The number of hydrogen-bond donors (Lipinski definition) is 1. The Bertz CT molecular complexity index is 289. The van der Waals surface area contributed by atoms with Gasteiger partial charge in [-0.2, -0.15) is 0 Å². The van der Waals surface area contributed by atoms with Crippen molar-refractivity contribution in [1.29, 1.82) is 0 Å². The molecule has 0 spiro atoms. The molecule has 0 aromatic rings. The lowest BCUT2D eigenvalue weighted by molar-refractivity contribution is 0.0849. The highest BCUT2D eigenvalue weighted by molar-refractivity contribution is 5.75. The van der Waals surface area contributed by atoms with Gasteiger partial charge in [0.15, 0.2) is 0 Å². The van der Waals surface area contributed by atoms with Gasteiger partial charge >= 0.3 is 0 Å². The molecule has 1 unspecified atom stereocenters. The molecule has 0 amide bonds. The first-order valence-electron chi connectivity index (χ1n) is 7.49. The molecule has 18 heavy (non-hydrogen) atoms. The smallest absolute Gasteiger partial charge is 0.131 e. The highest BCUT2D eigenvalue weighted by Gasteiger charge is 2.35. The van der Waals surface area contributed by atoms with E-state index in [1.54, 1.807) is 0 Å². The highest BCUT2D eigenvalue weighted by Crippen LogP contribution is 2.31. The summed E-state index contributed by atoms with van der Waals surface area (Å²) in [5, 5.41) is 3.43. The van der Waals surface area contributed by atoms with E-state index in [1.165, 1.54) is 38.9 Å². The van der Waals surface area contributed by atoms with E-state index < -0.39 is 0 Å². The van der Waals surface area contributed by atoms with E-state index in [9.17, 15) is 0 Å². The molecule has 2 rings (SSSR count). The van der Waals surface area contributed by atoms with E-state index in [1.807, 2.05) is 6.21 Å². The van der Waals surface area contributed by atoms with E-state index in [0.29, 0.717) is 0 Å². The summed E-state index contributed by atoms with van der Waals surface area (Å²) < 4.78 is 0. The molecule has 2 aliphatic rings. The van der Waals surface area contributed by atoms with Crippen LogP contribution in [0.1, 0.15) is 39.5 Å². The SMILES string of the molecule is CCNCCC1CCN(C2(CC)C=CC=N2)CC1. The zero-order valence-corrected chi connectivity index (χ0v) is 11.9. The normalized spacial score (nSPS) is 29.2. The Morgan fingerprint density at radius 1 is 1.33 bits per heavy atom. The Morgan fingerprint density at radius 2 is 2.11 bits per heavy atom. The van der Waals surface area contributed by atoms with Gasteiger partial charge in [-0.05, 0) is 56.8 Å². The van der Waals surface area contributed by atoms with Crippen LogP contribution in [0.5, 0.6) is 0 Å². The zero-order valence-electron chi connectivity index (χ0n) is 11.9. The summed E-state index contributed by atoms with van der Waals surface area (Å²) in [5.74, 6) is 0.906. The van der Waals surface area contributed by atoms with Gasteiger partial charge in [-0.15, -0.1) is 0 Å². The second kappa shape index (κ2) is 6.48.